The topological polar surface area (TPSA) is 80.4 Å². The molecule has 0 amide bonds. The van der Waals surface area contributed by atoms with Gasteiger partial charge in [0.25, 0.3) is 0 Å². The van der Waals surface area contributed by atoms with Gasteiger partial charge in [0.05, 0.1) is 12.0 Å². The van der Waals surface area contributed by atoms with Gasteiger partial charge in [-0.25, -0.2) is 0 Å². The van der Waals surface area contributed by atoms with Crippen LogP contribution in [-0.4, -0.2) is 30.9 Å². The van der Waals surface area contributed by atoms with E-state index in [9.17, 15) is 0 Å². The Kier molecular flexibility index (Phi) is 9.46. The summed E-state index contributed by atoms with van der Waals surface area (Å²) in [6, 6.07) is 20.3. The van der Waals surface area contributed by atoms with Crippen molar-refractivity contribution in [2.24, 2.45) is 0 Å². The Hall–Kier alpha value is -2.87. The molecule has 4 rings (SSSR count). The van der Waals surface area contributed by atoms with E-state index in [-0.39, 0.29) is 28.1 Å². The first-order valence-corrected chi connectivity index (χ1v) is 11.3. The van der Waals surface area contributed by atoms with E-state index in [4.69, 9.17) is 20.7 Å². The molecule has 175 valence electrons. The summed E-state index contributed by atoms with van der Waals surface area (Å²) >= 11 is 1.36. The van der Waals surface area contributed by atoms with E-state index in [0.717, 1.165) is 18.7 Å². The number of hydrogen-bond donors (Lipinski definition) is 3. The third-order valence-corrected chi connectivity index (χ3v) is 6.53. The molecule has 1 aromatic heterocycles. The number of nitrogens with zero attached hydrogens (tertiary/aromatic N) is 1. The van der Waals surface area contributed by atoms with Crippen molar-refractivity contribution in [3.05, 3.63) is 93.8 Å². The average Bonchev–Trinajstić information content (AvgIpc) is 3.42. The van der Waals surface area contributed by atoms with Crippen molar-refractivity contribution in [3.8, 4) is 5.75 Å². The summed E-state index contributed by atoms with van der Waals surface area (Å²) in [5.41, 5.74) is 4.76. The van der Waals surface area contributed by atoms with Crippen LogP contribution in [0.1, 0.15) is 29.9 Å². The number of aliphatic hydroxyl groups excluding tert-OH is 1. The third-order valence-electron chi connectivity index (χ3n) is 5.66. The Bertz CT molecular complexity index is 1100. The minimum absolute atomic E-state index is 0. The van der Waals surface area contributed by atoms with Crippen molar-refractivity contribution >= 4 is 29.1 Å². The Labute approximate surface area is 210 Å². The molecular formula is C26H29CoN3O2S. The summed E-state index contributed by atoms with van der Waals surface area (Å²) in [5.74, 6) is 0.528. The zero-order valence-electron chi connectivity index (χ0n) is 19.0. The maximum absolute atomic E-state index is 8.51. The monoisotopic (exact) mass is 506 g/mol. The Morgan fingerprint density at radius 2 is 1.88 bits per heavy atom. The summed E-state index contributed by atoms with van der Waals surface area (Å²) in [6.45, 7) is 5.30. The van der Waals surface area contributed by atoms with Crippen LogP contribution in [0, 0.1) is 10.8 Å². The molecule has 1 unspecified atom stereocenters. The molecule has 0 bridgehead atoms. The summed E-state index contributed by atoms with van der Waals surface area (Å²) in [5, 5.41) is 24.7. The van der Waals surface area contributed by atoms with E-state index in [1.165, 1.54) is 40.1 Å². The van der Waals surface area contributed by atoms with E-state index >= 15 is 0 Å². The van der Waals surface area contributed by atoms with Gasteiger partial charge in [0.15, 0.2) is 0 Å². The van der Waals surface area contributed by atoms with Gasteiger partial charge in [-0.15, -0.1) is 11.3 Å². The van der Waals surface area contributed by atoms with Crippen LogP contribution in [0.25, 0.3) is 0 Å². The van der Waals surface area contributed by atoms with Gasteiger partial charge >= 0.3 is 0 Å². The van der Waals surface area contributed by atoms with Crippen molar-refractivity contribution in [2.75, 3.05) is 18.6 Å². The molecule has 3 aromatic rings. The Balaban J connectivity index is 0.000000364. The predicted molar refractivity (Wildman–Crippen MR) is 134 cm³/mol. The number of ether oxygens (including phenoxy) is 1. The summed E-state index contributed by atoms with van der Waals surface area (Å²) in [6.07, 6.45) is 4.22. The molecule has 0 aliphatic carbocycles. The summed E-state index contributed by atoms with van der Waals surface area (Å²) in [7, 11) is 1.71. The molecule has 0 saturated carbocycles. The number of benzene rings is 2. The number of aliphatic hydroxyl groups is 1. The molecule has 2 heterocycles. The molecule has 1 radical (unpaired) electrons. The number of anilines is 1. The second-order valence-corrected chi connectivity index (χ2v) is 8.61. The SMILES string of the molecule is CCN1/C(=C\C=N)C(C)(Cc2ccccc2)c2cc(OC)ccc21.N=C(O)c1cccs1.[Co]. The molecular weight excluding hydrogens is 477 g/mol. The van der Waals surface area contributed by atoms with Crippen LogP contribution in [0.4, 0.5) is 5.69 Å². The normalized spacial score (nSPS) is 17.4. The standard InChI is InChI=1S/C21H24N2O.C5H5NOS.Co/c1-4-23-19-11-10-17(24-3)14-18(19)21(2,20(23)12-13-22)15-16-8-6-5-7-9-16;6-5(7)4-2-1-3-8-4;/h5-14,22H,4,15H2,1-3H3;1-3H,(H2,6,7);/b20-12-,22-13?;;. The van der Waals surface area contributed by atoms with Crippen LogP contribution in [0.2, 0.25) is 0 Å². The van der Waals surface area contributed by atoms with Gasteiger partial charge in [-0.2, -0.15) is 0 Å². The number of nitrogens with one attached hydrogen (secondary N) is 2. The number of rotatable bonds is 6. The van der Waals surface area contributed by atoms with Crippen LogP contribution in [-0.2, 0) is 28.6 Å². The van der Waals surface area contributed by atoms with Crippen molar-refractivity contribution in [3.63, 3.8) is 0 Å². The fourth-order valence-corrected chi connectivity index (χ4v) is 4.75. The van der Waals surface area contributed by atoms with E-state index in [0.29, 0.717) is 4.88 Å². The van der Waals surface area contributed by atoms with E-state index in [1.54, 1.807) is 19.2 Å². The predicted octanol–water partition coefficient (Wildman–Crippen LogP) is 6.20. The van der Waals surface area contributed by atoms with Crippen molar-refractivity contribution in [1.82, 2.24) is 0 Å². The minimum atomic E-state index is -0.347. The molecule has 0 fully saturated rings. The van der Waals surface area contributed by atoms with E-state index in [2.05, 4.69) is 55.1 Å². The van der Waals surface area contributed by atoms with E-state index < -0.39 is 0 Å². The van der Waals surface area contributed by atoms with Gasteiger partial charge in [0.1, 0.15) is 5.75 Å². The number of allylic oxidation sites excluding steroid dienone is 2. The number of thiophene rings is 1. The number of methoxy groups -OCH3 is 1. The molecule has 33 heavy (non-hydrogen) atoms. The third kappa shape index (κ3) is 5.74. The smallest absolute Gasteiger partial charge is 0.221 e. The van der Waals surface area contributed by atoms with Gasteiger partial charge in [0, 0.05) is 46.3 Å². The van der Waals surface area contributed by atoms with Gasteiger partial charge in [-0.3, -0.25) is 5.41 Å². The zero-order valence-corrected chi connectivity index (χ0v) is 20.8. The maximum Gasteiger partial charge on any atom is 0.221 e. The molecule has 2 aromatic carbocycles. The Morgan fingerprint density at radius 3 is 2.39 bits per heavy atom. The van der Waals surface area contributed by atoms with Crippen molar-refractivity contribution in [1.29, 1.82) is 10.8 Å². The van der Waals surface area contributed by atoms with Crippen LogP contribution >= 0.6 is 11.3 Å². The zero-order chi connectivity index (χ0) is 23.1. The molecule has 0 spiro atoms. The summed E-state index contributed by atoms with van der Waals surface area (Å²) < 4.78 is 5.46. The first-order valence-electron chi connectivity index (χ1n) is 10.5. The fourth-order valence-electron chi connectivity index (χ4n) is 4.18. The second kappa shape index (κ2) is 11.8. The Morgan fingerprint density at radius 1 is 1.15 bits per heavy atom. The number of fused-ring (bicyclic) bond motifs is 1. The number of likely N-dealkylation sites (N-methyl/N-ethyl adjacent to an activating group) is 1. The first-order chi connectivity index (χ1) is 15.4. The fraction of sp³-hybridized carbons (Fsp3) is 0.231. The van der Waals surface area contributed by atoms with Crippen LogP contribution in [0.15, 0.2) is 77.8 Å². The molecule has 7 heteroatoms. The molecule has 1 atom stereocenters. The number of hydrogen-bond acceptors (Lipinski definition) is 5. The van der Waals surface area contributed by atoms with Crippen LogP contribution in [0.3, 0.4) is 0 Å². The van der Waals surface area contributed by atoms with Gasteiger partial charge in [-0.05, 0) is 67.1 Å². The molecule has 5 nitrogen and oxygen atoms in total. The summed E-state index contributed by atoms with van der Waals surface area (Å²) in [4.78, 5) is 2.92. The molecule has 0 saturated heterocycles. The van der Waals surface area contributed by atoms with Gasteiger partial charge < -0.3 is 20.2 Å². The largest absolute Gasteiger partial charge is 0.497 e. The van der Waals surface area contributed by atoms with Gasteiger partial charge in [-0.1, -0.05) is 36.4 Å². The molecule has 1 aliphatic heterocycles. The van der Waals surface area contributed by atoms with E-state index in [1.807, 2.05) is 23.6 Å². The van der Waals surface area contributed by atoms with Crippen LogP contribution < -0.4 is 9.64 Å². The molecule has 1 aliphatic rings. The second-order valence-electron chi connectivity index (χ2n) is 7.67. The van der Waals surface area contributed by atoms with Crippen LogP contribution in [0.5, 0.6) is 5.75 Å². The van der Waals surface area contributed by atoms with Gasteiger partial charge in [0.2, 0.25) is 5.90 Å². The first kappa shape index (κ1) is 26.4. The van der Waals surface area contributed by atoms with Crippen molar-refractivity contribution < 1.29 is 26.6 Å². The minimum Gasteiger partial charge on any atom is -0.497 e. The molecule has 3 N–H and O–H groups in total. The van der Waals surface area contributed by atoms with Crippen molar-refractivity contribution in [2.45, 2.75) is 25.7 Å². The maximum atomic E-state index is 8.51. The quantitative estimate of drug-likeness (QED) is 0.275. The average molecular weight is 507 g/mol.